The number of carbonyl (C=O) groups is 1. The first kappa shape index (κ1) is 15.1. The van der Waals surface area contributed by atoms with Crippen LogP contribution in [0.15, 0.2) is 18.2 Å². The molecule has 2 fully saturated rings. The number of benzene rings is 1. The summed E-state index contributed by atoms with van der Waals surface area (Å²) >= 11 is 12.1. The molecule has 3 nitrogen and oxygen atoms in total. The third-order valence-electron chi connectivity index (χ3n) is 4.66. The fourth-order valence-electron chi connectivity index (χ4n) is 3.44. The van der Waals surface area contributed by atoms with Gasteiger partial charge in [0.05, 0.1) is 22.1 Å². The standard InChI is InChI=1S/C16H20Cl2N2O/c1-10-6-7-19-15(10)16(21)20-8-2-3-14(20)11-4-5-12(17)13(18)9-11/h4-5,9-10,14-15,19H,2-3,6-8H2,1H3. The van der Waals surface area contributed by atoms with E-state index in [4.69, 9.17) is 23.2 Å². The SMILES string of the molecule is CC1CCNC1C(=O)N1CCCC1c1ccc(Cl)c(Cl)c1. The zero-order chi connectivity index (χ0) is 15.0. The topological polar surface area (TPSA) is 32.3 Å². The smallest absolute Gasteiger partial charge is 0.240 e. The zero-order valence-electron chi connectivity index (χ0n) is 12.1. The van der Waals surface area contributed by atoms with Crippen molar-refractivity contribution in [3.63, 3.8) is 0 Å². The first-order valence-corrected chi connectivity index (χ1v) is 8.32. The van der Waals surface area contributed by atoms with Gasteiger partial charge in [0, 0.05) is 6.54 Å². The minimum atomic E-state index is -0.0339. The van der Waals surface area contributed by atoms with Gasteiger partial charge in [-0.05, 0) is 49.4 Å². The maximum atomic E-state index is 12.8. The maximum Gasteiger partial charge on any atom is 0.240 e. The van der Waals surface area contributed by atoms with Crippen molar-refractivity contribution in [3.8, 4) is 0 Å². The van der Waals surface area contributed by atoms with Gasteiger partial charge in [-0.1, -0.05) is 36.2 Å². The van der Waals surface area contributed by atoms with E-state index in [1.807, 2.05) is 23.1 Å². The molecule has 1 amide bonds. The van der Waals surface area contributed by atoms with E-state index in [0.29, 0.717) is 16.0 Å². The molecule has 0 radical (unpaired) electrons. The Hall–Kier alpha value is -0.770. The molecule has 0 spiro atoms. The van der Waals surface area contributed by atoms with Gasteiger partial charge >= 0.3 is 0 Å². The molecule has 0 aliphatic carbocycles. The monoisotopic (exact) mass is 326 g/mol. The van der Waals surface area contributed by atoms with Gasteiger partial charge in [-0.3, -0.25) is 4.79 Å². The van der Waals surface area contributed by atoms with Crippen LogP contribution in [0.2, 0.25) is 10.0 Å². The van der Waals surface area contributed by atoms with Gasteiger partial charge < -0.3 is 10.2 Å². The van der Waals surface area contributed by atoms with Crippen LogP contribution in [0, 0.1) is 5.92 Å². The Morgan fingerprint density at radius 1 is 1.29 bits per heavy atom. The summed E-state index contributed by atoms with van der Waals surface area (Å²) in [7, 11) is 0. The fraction of sp³-hybridized carbons (Fsp3) is 0.562. The summed E-state index contributed by atoms with van der Waals surface area (Å²) in [6, 6.07) is 5.79. The molecule has 114 valence electrons. The lowest BCUT2D eigenvalue weighted by Gasteiger charge is -2.29. The highest BCUT2D eigenvalue weighted by molar-refractivity contribution is 6.42. The molecule has 1 aromatic carbocycles. The molecular formula is C16H20Cl2N2O. The van der Waals surface area contributed by atoms with Gasteiger partial charge in [-0.15, -0.1) is 0 Å². The van der Waals surface area contributed by atoms with Gasteiger partial charge in [0.25, 0.3) is 0 Å². The van der Waals surface area contributed by atoms with Crippen LogP contribution in [0.1, 0.15) is 37.8 Å². The van der Waals surface area contributed by atoms with Crippen LogP contribution in [0.3, 0.4) is 0 Å². The van der Waals surface area contributed by atoms with E-state index < -0.39 is 0 Å². The van der Waals surface area contributed by atoms with Crippen LogP contribution in [0.25, 0.3) is 0 Å². The molecule has 2 heterocycles. The number of carbonyl (C=O) groups excluding carboxylic acids is 1. The first-order valence-electron chi connectivity index (χ1n) is 7.56. The molecule has 2 aliphatic rings. The number of rotatable bonds is 2. The number of hydrogen-bond acceptors (Lipinski definition) is 2. The summed E-state index contributed by atoms with van der Waals surface area (Å²) in [6.07, 6.45) is 3.10. The van der Waals surface area contributed by atoms with E-state index in [1.165, 1.54) is 0 Å². The number of nitrogens with one attached hydrogen (secondary N) is 1. The normalized spacial score (nSPS) is 29.1. The minimum Gasteiger partial charge on any atom is -0.334 e. The van der Waals surface area contributed by atoms with Crippen LogP contribution >= 0.6 is 23.2 Å². The summed E-state index contributed by atoms with van der Waals surface area (Å²) in [4.78, 5) is 14.8. The molecule has 2 aliphatic heterocycles. The largest absolute Gasteiger partial charge is 0.334 e. The summed E-state index contributed by atoms with van der Waals surface area (Å²) < 4.78 is 0. The number of likely N-dealkylation sites (tertiary alicyclic amines) is 1. The van der Waals surface area contributed by atoms with E-state index in [1.54, 1.807) is 0 Å². The van der Waals surface area contributed by atoms with Gasteiger partial charge in [0.15, 0.2) is 0 Å². The van der Waals surface area contributed by atoms with E-state index in [9.17, 15) is 4.79 Å². The zero-order valence-corrected chi connectivity index (χ0v) is 13.6. The van der Waals surface area contributed by atoms with Crippen molar-refractivity contribution in [1.29, 1.82) is 0 Å². The average molecular weight is 327 g/mol. The number of halogens is 2. The van der Waals surface area contributed by atoms with Gasteiger partial charge in [0.2, 0.25) is 5.91 Å². The lowest BCUT2D eigenvalue weighted by molar-refractivity contribution is -0.134. The molecule has 3 rings (SSSR count). The molecule has 0 saturated carbocycles. The van der Waals surface area contributed by atoms with Crippen LogP contribution in [0.5, 0.6) is 0 Å². The van der Waals surface area contributed by atoms with Crippen LogP contribution < -0.4 is 5.32 Å². The lowest BCUT2D eigenvalue weighted by atomic mass is 10.00. The Bertz CT molecular complexity index is 549. The van der Waals surface area contributed by atoms with Crippen molar-refractivity contribution in [1.82, 2.24) is 10.2 Å². The molecule has 21 heavy (non-hydrogen) atoms. The molecule has 3 atom stereocenters. The van der Waals surface area contributed by atoms with E-state index in [-0.39, 0.29) is 18.0 Å². The van der Waals surface area contributed by atoms with Crippen LogP contribution in [-0.4, -0.2) is 29.9 Å². The number of amides is 1. The second-order valence-electron chi connectivity index (χ2n) is 6.06. The quantitative estimate of drug-likeness (QED) is 0.899. The highest BCUT2D eigenvalue weighted by Crippen LogP contribution is 2.36. The molecule has 1 N–H and O–H groups in total. The average Bonchev–Trinajstić information content (AvgIpc) is 3.10. The number of hydrogen-bond donors (Lipinski definition) is 1. The van der Waals surface area contributed by atoms with Crippen molar-refractivity contribution >= 4 is 29.1 Å². The molecular weight excluding hydrogens is 307 g/mol. The van der Waals surface area contributed by atoms with Gasteiger partial charge in [-0.2, -0.15) is 0 Å². The van der Waals surface area contributed by atoms with Gasteiger partial charge in [0.1, 0.15) is 0 Å². The summed E-state index contributed by atoms with van der Waals surface area (Å²) in [5.74, 6) is 0.640. The van der Waals surface area contributed by atoms with Crippen molar-refractivity contribution < 1.29 is 4.79 Å². The maximum absolute atomic E-state index is 12.8. The Balaban J connectivity index is 1.81. The Kier molecular flexibility index (Phi) is 4.43. The van der Waals surface area contributed by atoms with E-state index in [2.05, 4.69) is 12.2 Å². The van der Waals surface area contributed by atoms with Crippen molar-refractivity contribution in [3.05, 3.63) is 33.8 Å². The van der Waals surface area contributed by atoms with Crippen molar-refractivity contribution in [2.75, 3.05) is 13.1 Å². The second kappa shape index (κ2) is 6.15. The third-order valence-corrected chi connectivity index (χ3v) is 5.40. The highest BCUT2D eigenvalue weighted by atomic mass is 35.5. The van der Waals surface area contributed by atoms with Crippen LogP contribution in [0.4, 0.5) is 0 Å². The highest BCUT2D eigenvalue weighted by Gasteiger charge is 2.37. The van der Waals surface area contributed by atoms with Gasteiger partial charge in [-0.25, -0.2) is 0 Å². The second-order valence-corrected chi connectivity index (χ2v) is 6.88. The summed E-state index contributed by atoms with van der Waals surface area (Å²) in [6.45, 7) is 3.91. The molecule has 1 aromatic rings. The molecule has 0 bridgehead atoms. The summed E-state index contributed by atoms with van der Waals surface area (Å²) in [5, 5.41) is 4.45. The Morgan fingerprint density at radius 3 is 2.76 bits per heavy atom. The predicted octanol–water partition coefficient (Wildman–Crippen LogP) is 3.65. The first-order chi connectivity index (χ1) is 10.1. The van der Waals surface area contributed by atoms with Crippen molar-refractivity contribution in [2.45, 2.75) is 38.3 Å². The summed E-state index contributed by atoms with van der Waals surface area (Å²) in [5.41, 5.74) is 1.08. The number of nitrogens with zero attached hydrogens (tertiary/aromatic N) is 1. The lowest BCUT2D eigenvalue weighted by Crippen LogP contribution is -2.45. The molecule has 5 heteroatoms. The molecule has 2 saturated heterocycles. The Labute approximate surface area is 135 Å². The molecule has 3 unspecified atom stereocenters. The Morgan fingerprint density at radius 2 is 2.10 bits per heavy atom. The van der Waals surface area contributed by atoms with Crippen LogP contribution in [-0.2, 0) is 4.79 Å². The minimum absolute atomic E-state index is 0.0339. The van der Waals surface area contributed by atoms with E-state index in [0.717, 1.165) is 37.9 Å². The van der Waals surface area contributed by atoms with E-state index >= 15 is 0 Å². The van der Waals surface area contributed by atoms with Crippen molar-refractivity contribution in [2.24, 2.45) is 5.92 Å². The third kappa shape index (κ3) is 2.92. The predicted molar refractivity (Wildman–Crippen MR) is 85.7 cm³/mol. The fourth-order valence-corrected chi connectivity index (χ4v) is 3.75. The molecule has 0 aromatic heterocycles.